The summed E-state index contributed by atoms with van der Waals surface area (Å²) in [6.45, 7) is 9.48. The van der Waals surface area contributed by atoms with Crippen molar-refractivity contribution in [1.29, 1.82) is 0 Å². The van der Waals surface area contributed by atoms with E-state index in [-0.39, 0.29) is 5.91 Å². The molecule has 2 aliphatic rings. The first-order chi connectivity index (χ1) is 18.9. The number of amides is 1. The van der Waals surface area contributed by atoms with Crippen LogP contribution in [0.4, 0.5) is 5.82 Å². The molecule has 200 valence electrons. The van der Waals surface area contributed by atoms with Crippen molar-refractivity contribution < 1.29 is 4.79 Å². The van der Waals surface area contributed by atoms with Crippen LogP contribution in [0.15, 0.2) is 61.3 Å². The Bertz CT molecular complexity index is 1550. The maximum absolute atomic E-state index is 11.9. The molecular formula is C31H35N7O. The van der Waals surface area contributed by atoms with Gasteiger partial charge in [-0.05, 0) is 85.2 Å². The largest absolute Gasteiger partial charge is 0.383 e. The summed E-state index contributed by atoms with van der Waals surface area (Å²) in [4.78, 5) is 28.1. The molecule has 3 N–H and O–H groups in total. The van der Waals surface area contributed by atoms with Gasteiger partial charge in [0, 0.05) is 42.8 Å². The summed E-state index contributed by atoms with van der Waals surface area (Å²) in [6.07, 6.45) is 7.11. The highest BCUT2D eigenvalue weighted by Crippen LogP contribution is 2.36. The van der Waals surface area contributed by atoms with Gasteiger partial charge in [0.15, 0.2) is 11.5 Å². The topological polar surface area (TPSA) is 102 Å². The maximum atomic E-state index is 11.9. The van der Waals surface area contributed by atoms with Gasteiger partial charge in [-0.25, -0.2) is 15.0 Å². The fourth-order valence-corrected chi connectivity index (χ4v) is 5.92. The number of piperidine rings is 1. The minimum Gasteiger partial charge on any atom is -0.383 e. The predicted molar refractivity (Wildman–Crippen MR) is 155 cm³/mol. The maximum Gasteiger partial charge on any atom is 0.245 e. The van der Waals surface area contributed by atoms with E-state index in [1.807, 2.05) is 23.1 Å². The Morgan fingerprint density at radius 2 is 1.95 bits per heavy atom. The van der Waals surface area contributed by atoms with E-state index in [2.05, 4.69) is 59.6 Å². The Hall–Kier alpha value is -4.04. The van der Waals surface area contributed by atoms with Crippen LogP contribution in [0.2, 0.25) is 0 Å². The van der Waals surface area contributed by atoms with Crippen molar-refractivity contribution in [1.82, 2.24) is 29.7 Å². The van der Waals surface area contributed by atoms with Gasteiger partial charge in [-0.1, -0.05) is 26.5 Å². The van der Waals surface area contributed by atoms with Gasteiger partial charge in [0.2, 0.25) is 5.91 Å². The lowest BCUT2D eigenvalue weighted by atomic mass is 10.0. The van der Waals surface area contributed by atoms with E-state index in [1.54, 1.807) is 6.20 Å². The number of carbonyl (C=O) groups excluding carboxylic acids is 1. The molecule has 4 heterocycles. The zero-order valence-electron chi connectivity index (χ0n) is 22.6. The Kier molecular flexibility index (Phi) is 6.64. The number of rotatable bonds is 6. The molecule has 1 amide bonds. The molecule has 0 saturated carbocycles. The zero-order chi connectivity index (χ0) is 27.1. The summed E-state index contributed by atoms with van der Waals surface area (Å²) >= 11 is 0. The second kappa shape index (κ2) is 10.3. The Labute approximate surface area is 229 Å². The van der Waals surface area contributed by atoms with E-state index >= 15 is 0 Å². The molecule has 3 aromatic heterocycles. The Balaban J connectivity index is 1.33. The normalized spacial score (nSPS) is 17.6. The van der Waals surface area contributed by atoms with E-state index in [0.29, 0.717) is 23.8 Å². The number of imidazole rings is 1. The lowest BCUT2D eigenvalue weighted by Gasteiger charge is -2.33. The Morgan fingerprint density at radius 1 is 1.13 bits per heavy atom. The molecule has 8 heteroatoms. The van der Waals surface area contributed by atoms with Crippen LogP contribution in [-0.4, -0.2) is 49.5 Å². The van der Waals surface area contributed by atoms with Crippen molar-refractivity contribution in [2.75, 3.05) is 18.8 Å². The number of benzene rings is 1. The second-order valence-electron chi connectivity index (χ2n) is 10.9. The molecule has 1 fully saturated rings. The number of aromatic nitrogens is 4. The number of nitrogens with one attached hydrogen (secondary N) is 1. The highest BCUT2D eigenvalue weighted by atomic mass is 16.2. The van der Waals surface area contributed by atoms with Gasteiger partial charge in [-0.2, -0.15) is 0 Å². The molecule has 6 rings (SSSR count). The average molecular weight is 522 g/mol. The van der Waals surface area contributed by atoms with Crippen molar-refractivity contribution >= 4 is 22.9 Å². The van der Waals surface area contributed by atoms with Crippen LogP contribution in [0.1, 0.15) is 61.9 Å². The molecule has 39 heavy (non-hydrogen) atoms. The second-order valence-corrected chi connectivity index (χ2v) is 10.9. The molecule has 1 aromatic carbocycles. The van der Waals surface area contributed by atoms with Gasteiger partial charge in [-0.15, -0.1) is 0 Å². The molecule has 0 radical (unpaired) electrons. The third kappa shape index (κ3) is 4.69. The summed E-state index contributed by atoms with van der Waals surface area (Å²) in [7, 11) is 0. The van der Waals surface area contributed by atoms with Gasteiger partial charge in [-0.3, -0.25) is 9.36 Å². The number of nitrogen functional groups attached to an aromatic ring is 1. The molecule has 1 saturated heterocycles. The van der Waals surface area contributed by atoms with Gasteiger partial charge in [0.1, 0.15) is 11.3 Å². The summed E-state index contributed by atoms with van der Waals surface area (Å²) in [5.74, 6) is 1.53. The molecule has 8 nitrogen and oxygen atoms in total. The van der Waals surface area contributed by atoms with Crippen LogP contribution in [0.3, 0.4) is 0 Å². The van der Waals surface area contributed by atoms with Crippen LogP contribution in [0.25, 0.3) is 28.2 Å². The predicted octanol–water partition coefficient (Wildman–Crippen LogP) is 4.94. The van der Waals surface area contributed by atoms with Gasteiger partial charge in [0.05, 0.1) is 5.56 Å². The fraction of sp³-hybridized carbons (Fsp3) is 0.355. The number of nitrogens with zero attached hydrogens (tertiary/aromatic N) is 5. The molecular weight excluding hydrogens is 486 g/mol. The Morgan fingerprint density at radius 3 is 2.69 bits per heavy atom. The first kappa shape index (κ1) is 25.2. The van der Waals surface area contributed by atoms with Crippen molar-refractivity contribution in [3.8, 4) is 17.1 Å². The highest BCUT2D eigenvalue weighted by molar-refractivity contribution is 5.87. The van der Waals surface area contributed by atoms with Crippen molar-refractivity contribution in [3.05, 3.63) is 78.1 Å². The molecule has 1 aliphatic heterocycles. The summed E-state index contributed by atoms with van der Waals surface area (Å²) in [6, 6.07) is 15.4. The molecule has 0 bridgehead atoms. The number of hydrogen-bond acceptors (Lipinski definition) is 6. The first-order valence-corrected chi connectivity index (χ1v) is 13.8. The van der Waals surface area contributed by atoms with Crippen LogP contribution >= 0.6 is 0 Å². The quantitative estimate of drug-likeness (QED) is 0.349. The van der Waals surface area contributed by atoms with Crippen LogP contribution in [0.5, 0.6) is 0 Å². The monoisotopic (exact) mass is 521 g/mol. The van der Waals surface area contributed by atoms with Gasteiger partial charge < -0.3 is 16.0 Å². The van der Waals surface area contributed by atoms with E-state index in [9.17, 15) is 4.79 Å². The van der Waals surface area contributed by atoms with Crippen molar-refractivity contribution in [2.24, 2.45) is 0 Å². The first-order valence-electron chi connectivity index (χ1n) is 13.8. The number of hydrogen-bond donors (Lipinski definition) is 2. The third-order valence-electron chi connectivity index (χ3n) is 8.08. The molecule has 0 unspecified atom stereocenters. The standard InChI is InChI=1S/C31H35N7O/c1-4-28(39)37-16-13-21(14-17-37)34-26-10-7-20-18-22(8-9-23(20)26)38-30(24-6-5-15-33-29(24)32)36-27-12-11-25(19(2)3)35-31(27)38/h4-6,8-9,11-12,15,18-19,21,26,34H,1,7,10,13-14,16-17H2,2-3H3,(H2,32,33)/t26-/m0/s1. The lowest BCUT2D eigenvalue weighted by Crippen LogP contribution is -2.45. The number of nitrogens with two attached hydrogens (primary N) is 1. The number of carbonyl (C=O) groups is 1. The minimum atomic E-state index is 0.0293. The smallest absolute Gasteiger partial charge is 0.245 e. The molecule has 1 aliphatic carbocycles. The molecule has 0 spiro atoms. The number of anilines is 1. The van der Waals surface area contributed by atoms with Crippen molar-refractivity contribution in [2.45, 2.75) is 57.5 Å². The molecule has 4 aromatic rings. The van der Waals surface area contributed by atoms with Gasteiger partial charge in [0.25, 0.3) is 0 Å². The van der Waals surface area contributed by atoms with Crippen molar-refractivity contribution in [3.63, 3.8) is 0 Å². The van der Waals surface area contributed by atoms with Gasteiger partial charge >= 0.3 is 0 Å². The van der Waals surface area contributed by atoms with Crippen LogP contribution in [0, 0.1) is 0 Å². The fourth-order valence-electron chi connectivity index (χ4n) is 5.92. The summed E-state index contributed by atoms with van der Waals surface area (Å²) < 4.78 is 2.13. The van der Waals surface area contributed by atoms with E-state index in [1.165, 1.54) is 17.2 Å². The number of pyridine rings is 2. The zero-order valence-corrected chi connectivity index (χ0v) is 22.6. The van der Waals surface area contributed by atoms with Crippen LogP contribution < -0.4 is 11.1 Å². The summed E-state index contributed by atoms with van der Waals surface area (Å²) in [5, 5.41) is 3.88. The van der Waals surface area contributed by atoms with E-state index in [4.69, 9.17) is 15.7 Å². The van der Waals surface area contributed by atoms with E-state index < -0.39 is 0 Å². The number of likely N-dealkylation sites (tertiary alicyclic amines) is 1. The third-order valence-corrected chi connectivity index (χ3v) is 8.08. The lowest BCUT2D eigenvalue weighted by molar-refractivity contribution is -0.127. The number of aryl methyl sites for hydroxylation is 1. The number of fused-ring (bicyclic) bond motifs is 2. The minimum absolute atomic E-state index is 0.0293. The summed E-state index contributed by atoms with van der Waals surface area (Å²) in [5.41, 5.74) is 13.5. The van der Waals surface area contributed by atoms with Crippen LogP contribution in [-0.2, 0) is 11.2 Å². The SMILES string of the molecule is C=CC(=O)N1CCC(N[C@H]2CCc3cc(-n4c(-c5cccnc5N)nc5ccc(C(C)C)nc54)ccc32)CC1. The van der Waals surface area contributed by atoms with E-state index in [0.717, 1.165) is 72.7 Å². The highest BCUT2D eigenvalue weighted by Gasteiger charge is 2.29. The average Bonchev–Trinajstić information content (AvgIpc) is 3.53. The molecule has 1 atom stereocenters.